The molecule has 0 aliphatic carbocycles. The highest BCUT2D eigenvalue weighted by Crippen LogP contribution is 2.16. The number of benzene rings is 1. The molecule has 0 aliphatic heterocycles. The topological polar surface area (TPSA) is 104 Å². The van der Waals surface area contributed by atoms with Gasteiger partial charge >= 0.3 is 0 Å². The van der Waals surface area contributed by atoms with Crippen molar-refractivity contribution >= 4 is 44.8 Å². The summed E-state index contributed by atoms with van der Waals surface area (Å²) in [6.07, 6.45) is 1.41. The third kappa shape index (κ3) is 3.80. The van der Waals surface area contributed by atoms with E-state index in [-0.39, 0.29) is 17.2 Å². The van der Waals surface area contributed by atoms with E-state index in [1.807, 2.05) is 24.3 Å². The summed E-state index contributed by atoms with van der Waals surface area (Å²) in [4.78, 5) is 37.1. The highest BCUT2D eigenvalue weighted by atomic mass is 79.9. The van der Waals surface area contributed by atoms with Crippen LogP contribution in [0.4, 0.5) is 0 Å². The summed E-state index contributed by atoms with van der Waals surface area (Å²) in [5.74, 6) is 0.0130. The van der Waals surface area contributed by atoms with Gasteiger partial charge in [-0.2, -0.15) is 0 Å². The molecule has 2 aromatic heterocycles. The normalized spacial score (nSPS) is 10.8. The number of carbonyl (C=O) groups excluding carboxylic acids is 1. The van der Waals surface area contributed by atoms with E-state index in [4.69, 9.17) is 0 Å². The quantitative estimate of drug-likeness (QED) is 0.453. The maximum Gasteiger partial charge on any atom is 0.277 e. The van der Waals surface area contributed by atoms with Crippen molar-refractivity contribution in [3.05, 3.63) is 51.0 Å². The van der Waals surface area contributed by atoms with Crippen LogP contribution in [0.3, 0.4) is 0 Å². The highest BCUT2D eigenvalue weighted by Gasteiger charge is 2.09. The monoisotopic (exact) mass is 393 g/mol. The molecule has 0 saturated heterocycles. The average molecular weight is 394 g/mol. The summed E-state index contributed by atoms with van der Waals surface area (Å²) in [7, 11) is 0. The molecule has 0 bridgehead atoms. The Kier molecular flexibility index (Phi) is 4.77. The van der Waals surface area contributed by atoms with Gasteiger partial charge < -0.3 is 10.3 Å². The molecule has 23 heavy (non-hydrogen) atoms. The van der Waals surface area contributed by atoms with Gasteiger partial charge in [0.25, 0.3) is 5.56 Å². The number of nitrogens with zero attached hydrogens (tertiary/aromatic N) is 2. The minimum Gasteiger partial charge on any atom is -0.351 e. The van der Waals surface area contributed by atoms with Crippen molar-refractivity contribution in [1.82, 2.24) is 25.3 Å². The van der Waals surface area contributed by atoms with Crippen LogP contribution >= 0.6 is 27.7 Å². The van der Waals surface area contributed by atoms with Crippen LogP contribution in [0.15, 0.2) is 45.0 Å². The number of nitrogens with one attached hydrogen (secondary N) is 3. The zero-order valence-corrected chi connectivity index (χ0v) is 14.2. The molecule has 0 unspecified atom stereocenters. The van der Waals surface area contributed by atoms with Gasteiger partial charge in [-0.3, -0.25) is 14.6 Å². The first-order valence-corrected chi connectivity index (χ1v) is 8.47. The van der Waals surface area contributed by atoms with Crippen LogP contribution in [0.1, 0.15) is 5.56 Å². The number of fused-ring (bicyclic) bond motifs is 1. The fourth-order valence-electron chi connectivity index (χ4n) is 1.91. The molecule has 3 aromatic rings. The number of imidazole rings is 1. The third-order valence-electron chi connectivity index (χ3n) is 3.05. The van der Waals surface area contributed by atoms with Gasteiger partial charge in [-0.05, 0) is 11.6 Å². The maximum absolute atomic E-state index is 11.9. The molecule has 0 atom stereocenters. The lowest BCUT2D eigenvalue weighted by Gasteiger charge is -2.06. The van der Waals surface area contributed by atoms with Crippen LogP contribution in [-0.2, 0) is 11.3 Å². The minimum absolute atomic E-state index is 0.143. The van der Waals surface area contributed by atoms with Crippen molar-refractivity contribution < 1.29 is 4.79 Å². The number of amides is 1. The average Bonchev–Trinajstić information content (AvgIpc) is 3.01. The molecule has 3 rings (SSSR count). The van der Waals surface area contributed by atoms with E-state index in [0.29, 0.717) is 22.9 Å². The van der Waals surface area contributed by atoms with Crippen LogP contribution in [0.25, 0.3) is 11.2 Å². The van der Waals surface area contributed by atoms with E-state index >= 15 is 0 Å². The van der Waals surface area contributed by atoms with Crippen molar-refractivity contribution in [2.75, 3.05) is 5.75 Å². The number of rotatable bonds is 5. The van der Waals surface area contributed by atoms with Gasteiger partial charge in [0, 0.05) is 11.0 Å². The van der Waals surface area contributed by atoms with Gasteiger partial charge in [0.15, 0.2) is 16.3 Å². The minimum atomic E-state index is -0.302. The number of hydrogen-bond donors (Lipinski definition) is 3. The standard InChI is InChI=1S/C14H12BrN5O2S/c15-9-4-2-1-3-8(9)5-16-10(21)6-23-14-19-12-11(13(22)20-14)17-7-18-12/h1-4,7H,5-6H2,(H,16,21)(H2,17,18,19,20,22). The predicted molar refractivity (Wildman–Crippen MR) is 91.2 cm³/mol. The number of H-pyrrole nitrogens is 2. The van der Waals surface area contributed by atoms with Gasteiger partial charge in [0.2, 0.25) is 5.91 Å². The molecular weight excluding hydrogens is 382 g/mol. The summed E-state index contributed by atoms with van der Waals surface area (Å²) < 4.78 is 0.947. The van der Waals surface area contributed by atoms with Crippen molar-refractivity contribution in [3.63, 3.8) is 0 Å². The molecule has 0 saturated carbocycles. The molecule has 1 amide bonds. The van der Waals surface area contributed by atoms with E-state index in [1.165, 1.54) is 6.33 Å². The van der Waals surface area contributed by atoms with E-state index in [0.717, 1.165) is 21.8 Å². The van der Waals surface area contributed by atoms with E-state index < -0.39 is 0 Å². The van der Waals surface area contributed by atoms with Gasteiger partial charge in [0.05, 0.1) is 12.1 Å². The molecule has 0 spiro atoms. The number of halogens is 1. The lowest BCUT2D eigenvalue weighted by Crippen LogP contribution is -2.25. The molecule has 0 radical (unpaired) electrons. The molecule has 0 fully saturated rings. The maximum atomic E-state index is 11.9. The molecule has 2 heterocycles. The van der Waals surface area contributed by atoms with E-state index in [1.54, 1.807) is 0 Å². The first-order valence-electron chi connectivity index (χ1n) is 6.70. The molecular formula is C14H12BrN5O2S. The Bertz CT molecular complexity index is 907. The molecule has 3 N–H and O–H groups in total. The van der Waals surface area contributed by atoms with Crippen molar-refractivity contribution in [3.8, 4) is 0 Å². The summed E-state index contributed by atoms with van der Waals surface area (Å²) in [6.45, 7) is 0.434. The van der Waals surface area contributed by atoms with Gasteiger partial charge in [0.1, 0.15) is 0 Å². The van der Waals surface area contributed by atoms with Crippen LogP contribution in [0.2, 0.25) is 0 Å². The molecule has 9 heteroatoms. The van der Waals surface area contributed by atoms with Crippen molar-refractivity contribution in [1.29, 1.82) is 0 Å². The Labute approximate surface area is 143 Å². The fourth-order valence-corrected chi connectivity index (χ4v) is 3.02. The first kappa shape index (κ1) is 15.8. The number of aromatic amines is 2. The number of carbonyl (C=O) groups is 1. The Morgan fingerprint density at radius 3 is 3.00 bits per heavy atom. The van der Waals surface area contributed by atoms with Crippen molar-refractivity contribution in [2.45, 2.75) is 11.7 Å². The van der Waals surface area contributed by atoms with E-state index in [2.05, 4.69) is 41.2 Å². The highest BCUT2D eigenvalue weighted by molar-refractivity contribution is 9.10. The number of hydrogen-bond acceptors (Lipinski definition) is 5. The lowest BCUT2D eigenvalue weighted by atomic mass is 10.2. The summed E-state index contributed by atoms with van der Waals surface area (Å²) in [5, 5.41) is 3.19. The molecule has 1 aromatic carbocycles. The first-order chi connectivity index (χ1) is 11.1. The predicted octanol–water partition coefficient (Wildman–Crippen LogP) is 1.82. The second-order valence-electron chi connectivity index (χ2n) is 4.63. The molecule has 7 nitrogen and oxygen atoms in total. The smallest absolute Gasteiger partial charge is 0.277 e. The zero-order chi connectivity index (χ0) is 16.2. The Hall–Kier alpha value is -2.13. The van der Waals surface area contributed by atoms with Crippen LogP contribution in [-0.4, -0.2) is 31.6 Å². The summed E-state index contributed by atoms with van der Waals surface area (Å²) in [6, 6.07) is 7.68. The zero-order valence-electron chi connectivity index (χ0n) is 11.8. The largest absolute Gasteiger partial charge is 0.351 e. The Morgan fingerprint density at radius 1 is 1.35 bits per heavy atom. The van der Waals surface area contributed by atoms with Crippen molar-refractivity contribution in [2.24, 2.45) is 0 Å². The second kappa shape index (κ2) is 6.97. The van der Waals surface area contributed by atoms with Gasteiger partial charge in [-0.25, -0.2) is 9.97 Å². The number of thioether (sulfide) groups is 1. The fraction of sp³-hybridized carbons (Fsp3) is 0.143. The Morgan fingerprint density at radius 2 is 2.17 bits per heavy atom. The van der Waals surface area contributed by atoms with Gasteiger partial charge in [-0.15, -0.1) is 0 Å². The summed E-state index contributed by atoms with van der Waals surface area (Å²) >= 11 is 4.59. The lowest BCUT2D eigenvalue weighted by molar-refractivity contribution is -0.118. The van der Waals surface area contributed by atoms with Crippen LogP contribution in [0, 0.1) is 0 Å². The SMILES string of the molecule is O=C(CSc1nc2nc[nH]c2c(=O)[nH]1)NCc1ccccc1Br. The number of aromatic nitrogens is 4. The van der Waals surface area contributed by atoms with Crippen LogP contribution < -0.4 is 10.9 Å². The summed E-state index contributed by atoms with van der Waals surface area (Å²) in [5.41, 5.74) is 1.36. The van der Waals surface area contributed by atoms with Crippen LogP contribution in [0.5, 0.6) is 0 Å². The Balaban J connectivity index is 1.58. The molecule has 118 valence electrons. The molecule has 0 aliphatic rings. The van der Waals surface area contributed by atoms with Gasteiger partial charge in [-0.1, -0.05) is 45.9 Å². The third-order valence-corrected chi connectivity index (χ3v) is 4.70. The second-order valence-corrected chi connectivity index (χ2v) is 6.45. The van der Waals surface area contributed by atoms with E-state index in [9.17, 15) is 9.59 Å².